The van der Waals surface area contributed by atoms with Crippen LogP contribution in [0.2, 0.25) is 0 Å². The van der Waals surface area contributed by atoms with Gasteiger partial charge in [0.15, 0.2) is 5.84 Å². The number of nitrogens with zero attached hydrogens (tertiary/aromatic N) is 2. The third-order valence-corrected chi connectivity index (χ3v) is 2.55. The second-order valence-electron chi connectivity index (χ2n) is 3.73. The number of carbonyl (C=O) groups excluding carboxylic acids is 1. The molecule has 1 aromatic rings. The van der Waals surface area contributed by atoms with Crippen molar-refractivity contribution in [2.45, 2.75) is 6.42 Å². The summed E-state index contributed by atoms with van der Waals surface area (Å²) in [7, 11) is 3.25. The predicted octanol–water partition coefficient (Wildman–Crippen LogP) is 0.780. The van der Waals surface area contributed by atoms with Gasteiger partial charge >= 0.3 is 0 Å². The van der Waals surface area contributed by atoms with Crippen LogP contribution in [0, 0.1) is 0 Å². The van der Waals surface area contributed by atoms with Crippen molar-refractivity contribution in [3.63, 3.8) is 0 Å². The molecule has 1 aromatic carbocycles. The van der Waals surface area contributed by atoms with Gasteiger partial charge < -0.3 is 20.6 Å². The smallest absolute Gasteiger partial charge is 0.229 e. The molecule has 0 radical (unpaired) electrons. The average molecular weight is 251 g/mol. The maximum Gasteiger partial charge on any atom is 0.229 e. The van der Waals surface area contributed by atoms with Gasteiger partial charge in [0.05, 0.1) is 13.0 Å². The first-order valence-corrected chi connectivity index (χ1v) is 5.43. The quantitative estimate of drug-likeness (QED) is 0.350. The molecule has 0 fully saturated rings. The second kappa shape index (κ2) is 6.61. The highest BCUT2D eigenvalue weighted by molar-refractivity contribution is 5.98. The van der Waals surface area contributed by atoms with E-state index in [2.05, 4.69) is 5.16 Å². The molecule has 0 aromatic heterocycles. The van der Waals surface area contributed by atoms with Crippen molar-refractivity contribution >= 4 is 17.4 Å². The van der Waals surface area contributed by atoms with Crippen molar-refractivity contribution in [3.05, 3.63) is 29.8 Å². The molecule has 98 valence electrons. The number of amides is 1. The standard InChI is InChI=1S/C12H17N3O3/c1-15(11(16)7-8-18-2)10-5-3-9(4-6-10)12(13)14-17/h3-6,17H,7-8H2,1-2H3,(H2,13,14). The molecule has 6 nitrogen and oxygen atoms in total. The number of amidine groups is 1. The first-order chi connectivity index (χ1) is 8.60. The fourth-order valence-corrected chi connectivity index (χ4v) is 1.41. The van der Waals surface area contributed by atoms with Crippen molar-refractivity contribution in [2.75, 3.05) is 25.7 Å². The minimum atomic E-state index is -0.0339. The van der Waals surface area contributed by atoms with Crippen LogP contribution in [0.25, 0.3) is 0 Å². The summed E-state index contributed by atoms with van der Waals surface area (Å²) in [6.07, 6.45) is 0.328. The predicted molar refractivity (Wildman–Crippen MR) is 68.9 cm³/mol. The molecule has 1 amide bonds. The van der Waals surface area contributed by atoms with E-state index in [1.807, 2.05) is 0 Å². The SMILES string of the molecule is COCCC(=O)N(C)c1ccc(/C(N)=N/O)cc1. The van der Waals surface area contributed by atoms with Crippen LogP contribution in [0.4, 0.5) is 5.69 Å². The molecule has 1 rings (SSSR count). The van der Waals surface area contributed by atoms with Gasteiger partial charge in [0.1, 0.15) is 0 Å². The minimum absolute atomic E-state index is 0.0339. The molecule has 0 spiro atoms. The number of hydrogen-bond donors (Lipinski definition) is 2. The lowest BCUT2D eigenvalue weighted by molar-refractivity contribution is -0.119. The summed E-state index contributed by atoms with van der Waals surface area (Å²) in [5.74, 6) is 0.00306. The van der Waals surface area contributed by atoms with Crippen LogP contribution in [0.3, 0.4) is 0 Å². The molecule has 3 N–H and O–H groups in total. The van der Waals surface area contributed by atoms with Gasteiger partial charge in [-0.25, -0.2) is 0 Å². The van der Waals surface area contributed by atoms with Crippen molar-refractivity contribution in [3.8, 4) is 0 Å². The number of rotatable bonds is 5. The third-order valence-electron chi connectivity index (χ3n) is 2.55. The molecular weight excluding hydrogens is 234 g/mol. The van der Waals surface area contributed by atoms with E-state index in [1.165, 1.54) is 4.90 Å². The van der Waals surface area contributed by atoms with Gasteiger partial charge in [-0.2, -0.15) is 0 Å². The molecule has 0 aliphatic heterocycles. The summed E-state index contributed by atoms with van der Waals surface area (Å²) >= 11 is 0. The van der Waals surface area contributed by atoms with Gasteiger partial charge in [-0.3, -0.25) is 4.79 Å². The monoisotopic (exact) mass is 251 g/mol. The number of ether oxygens (including phenoxy) is 1. The van der Waals surface area contributed by atoms with E-state index < -0.39 is 0 Å². The first kappa shape index (κ1) is 14.0. The molecule has 0 aliphatic carbocycles. The van der Waals surface area contributed by atoms with Crippen molar-refractivity contribution in [2.24, 2.45) is 10.9 Å². The van der Waals surface area contributed by atoms with Crippen molar-refractivity contribution < 1.29 is 14.7 Å². The van der Waals surface area contributed by atoms with Crippen LogP contribution in [0.1, 0.15) is 12.0 Å². The Kier molecular flexibility index (Phi) is 5.13. The van der Waals surface area contributed by atoms with Crippen molar-refractivity contribution in [1.82, 2.24) is 0 Å². The van der Waals surface area contributed by atoms with E-state index in [1.54, 1.807) is 38.4 Å². The summed E-state index contributed by atoms with van der Waals surface area (Å²) in [4.78, 5) is 13.3. The van der Waals surface area contributed by atoms with Gasteiger partial charge in [-0.15, -0.1) is 0 Å². The Balaban J connectivity index is 2.75. The normalized spacial score (nSPS) is 11.3. The minimum Gasteiger partial charge on any atom is -0.409 e. The van der Waals surface area contributed by atoms with Crippen LogP contribution in [-0.4, -0.2) is 37.7 Å². The maximum absolute atomic E-state index is 11.7. The Morgan fingerprint density at radius 1 is 1.44 bits per heavy atom. The van der Waals surface area contributed by atoms with Gasteiger partial charge in [0.2, 0.25) is 5.91 Å². The lowest BCUT2D eigenvalue weighted by Crippen LogP contribution is -2.27. The van der Waals surface area contributed by atoms with Gasteiger partial charge in [-0.1, -0.05) is 5.16 Å². The fraction of sp³-hybridized carbons (Fsp3) is 0.333. The summed E-state index contributed by atoms with van der Waals surface area (Å²) in [5, 5.41) is 11.4. The Morgan fingerprint density at radius 2 is 2.06 bits per heavy atom. The molecular formula is C12H17N3O3. The summed E-state index contributed by atoms with van der Waals surface area (Å²) in [6, 6.07) is 6.84. The highest BCUT2D eigenvalue weighted by atomic mass is 16.5. The zero-order valence-electron chi connectivity index (χ0n) is 10.5. The molecule has 0 bridgehead atoms. The molecule has 0 saturated heterocycles. The summed E-state index contributed by atoms with van der Waals surface area (Å²) in [5.41, 5.74) is 6.79. The molecule has 0 heterocycles. The summed E-state index contributed by atoms with van der Waals surface area (Å²) < 4.78 is 4.86. The molecule has 18 heavy (non-hydrogen) atoms. The van der Waals surface area contributed by atoms with Crippen LogP contribution in [0.5, 0.6) is 0 Å². The third kappa shape index (κ3) is 3.46. The molecule has 0 saturated carbocycles. The zero-order chi connectivity index (χ0) is 13.5. The molecule has 0 unspecified atom stereocenters. The van der Waals surface area contributed by atoms with E-state index in [0.717, 1.165) is 5.69 Å². The van der Waals surface area contributed by atoms with Gasteiger partial charge in [0, 0.05) is 25.4 Å². The number of oxime groups is 1. The number of carbonyl (C=O) groups is 1. The molecule has 0 atom stereocenters. The lowest BCUT2D eigenvalue weighted by atomic mass is 10.2. The topological polar surface area (TPSA) is 88.2 Å². The maximum atomic E-state index is 11.7. The zero-order valence-corrected chi connectivity index (χ0v) is 10.5. The second-order valence-corrected chi connectivity index (χ2v) is 3.73. The molecule has 6 heteroatoms. The highest BCUT2D eigenvalue weighted by Crippen LogP contribution is 2.14. The lowest BCUT2D eigenvalue weighted by Gasteiger charge is -2.17. The van der Waals surface area contributed by atoms with Crippen LogP contribution < -0.4 is 10.6 Å². The Labute approximate surface area is 106 Å². The molecule has 0 aliphatic rings. The average Bonchev–Trinajstić information content (AvgIpc) is 2.43. The van der Waals surface area contributed by atoms with Crippen LogP contribution in [-0.2, 0) is 9.53 Å². The van der Waals surface area contributed by atoms with E-state index >= 15 is 0 Å². The number of hydrogen-bond acceptors (Lipinski definition) is 4. The van der Waals surface area contributed by atoms with E-state index in [0.29, 0.717) is 18.6 Å². The highest BCUT2D eigenvalue weighted by Gasteiger charge is 2.10. The van der Waals surface area contributed by atoms with E-state index in [4.69, 9.17) is 15.7 Å². The largest absolute Gasteiger partial charge is 0.409 e. The Morgan fingerprint density at radius 3 is 2.56 bits per heavy atom. The Hall–Kier alpha value is -2.08. The van der Waals surface area contributed by atoms with E-state index in [-0.39, 0.29) is 11.7 Å². The van der Waals surface area contributed by atoms with Crippen LogP contribution >= 0.6 is 0 Å². The number of nitrogens with two attached hydrogens (primary N) is 1. The number of methoxy groups -OCH3 is 1. The summed E-state index contributed by atoms with van der Waals surface area (Å²) in [6.45, 7) is 0.394. The van der Waals surface area contributed by atoms with Gasteiger partial charge in [0.25, 0.3) is 0 Å². The number of anilines is 1. The van der Waals surface area contributed by atoms with Crippen LogP contribution in [0.15, 0.2) is 29.4 Å². The fourth-order valence-electron chi connectivity index (χ4n) is 1.41. The number of benzene rings is 1. The van der Waals surface area contributed by atoms with Crippen molar-refractivity contribution in [1.29, 1.82) is 0 Å². The van der Waals surface area contributed by atoms with Gasteiger partial charge in [-0.05, 0) is 24.3 Å². The first-order valence-electron chi connectivity index (χ1n) is 5.43. The van der Waals surface area contributed by atoms with E-state index in [9.17, 15) is 4.79 Å². The Bertz CT molecular complexity index is 429.